The van der Waals surface area contributed by atoms with Crippen molar-refractivity contribution in [2.24, 2.45) is 0 Å². The fourth-order valence-corrected chi connectivity index (χ4v) is 3.58. The van der Waals surface area contributed by atoms with Crippen LogP contribution in [0.15, 0.2) is 28.7 Å². The predicted octanol–water partition coefficient (Wildman–Crippen LogP) is 3.86. The van der Waals surface area contributed by atoms with Gasteiger partial charge in [0.1, 0.15) is 6.10 Å². The Morgan fingerprint density at radius 3 is 2.50 bits per heavy atom. The first-order valence-electron chi connectivity index (χ1n) is 8.72. The van der Waals surface area contributed by atoms with Crippen LogP contribution in [0.5, 0.6) is 0 Å². The Morgan fingerprint density at radius 2 is 1.88 bits per heavy atom. The Labute approximate surface area is 153 Å². The fraction of sp³-hybridized carbons (Fsp3) is 0.632. The summed E-state index contributed by atoms with van der Waals surface area (Å²) in [7, 11) is 1.63. The number of nitrogens with one attached hydrogen (secondary N) is 1. The summed E-state index contributed by atoms with van der Waals surface area (Å²) in [6, 6.07) is 8.38. The molecular formula is C19H28BrNO3. The SMILES string of the molecule is COCCOC(C)C(=O)NC1(Cc2ccc(Br)cc2)CCCCC1. The summed E-state index contributed by atoms with van der Waals surface area (Å²) in [5, 5.41) is 3.31. The van der Waals surface area contributed by atoms with Gasteiger partial charge in [0.25, 0.3) is 0 Å². The second-order valence-corrected chi connectivity index (χ2v) is 7.55. The molecule has 1 unspecified atom stereocenters. The zero-order chi connectivity index (χ0) is 17.4. The lowest BCUT2D eigenvalue weighted by Gasteiger charge is -2.39. The topological polar surface area (TPSA) is 47.6 Å². The molecule has 24 heavy (non-hydrogen) atoms. The molecule has 0 aliphatic heterocycles. The van der Waals surface area contributed by atoms with Gasteiger partial charge in [0.05, 0.1) is 13.2 Å². The van der Waals surface area contributed by atoms with Crippen LogP contribution in [0.25, 0.3) is 0 Å². The van der Waals surface area contributed by atoms with E-state index in [4.69, 9.17) is 9.47 Å². The lowest BCUT2D eigenvalue weighted by atomic mass is 9.77. The quantitative estimate of drug-likeness (QED) is 0.677. The average molecular weight is 398 g/mol. The number of rotatable bonds is 8. The molecule has 2 rings (SSSR count). The number of hydrogen-bond acceptors (Lipinski definition) is 3. The Hall–Kier alpha value is -0.910. The Morgan fingerprint density at radius 1 is 1.21 bits per heavy atom. The number of benzene rings is 1. The van der Waals surface area contributed by atoms with Crippen molar-refractivity contribution in [3.8, 4) is 0 Å². The van der Waals surface area contributed by atoms with Crippen LogP contribution in [-0.2, 0) is 20.7 Å². The molecule has 1 amide bonds. The van der Waals surface area contributed by atoms with Crippen LogP contribution in [0.4, 0.5) is 0 Å². The van der Waals surface area contributed by atoms with Crippen molar-refractivity contribution in [3.05, 3.63) is 34.3 Å². The van der Waals surface area contributed by atoms with E-state index >= 15 is 0 Å². The van der Waals surface area contributed by atoms with Crippen molar-refractivity contribution in [2.75, 3.05) is 20.3 Å². The van der Waals surface area contributed by atoms with Crippen LogP contribution in [0.3, 0.4) is 0 Å². The predicted molar refractivity (Wildman–Crippen MR) is 99.1 cm³/mol. The molecule has 1 aromatic carbocycles. The van der Waals surface area contributed by atoms with Crippen LogP contribution in [0, 0.1) is 0 Å². The first kappa shape index (κ1) is 19.4. The summed E-state index contributed by atoms with van der Waals surface area (Å²) < 4.78 is 11.6. The molecule has 1 aliphatic rings. The van der Waals surface area contributed by atoms with Gasteiger partial charge in [-0.3, -0.25) is 4.79 Å². The van der Waals surface area contributed by atoms with Crippen molar-refractivity contribution < 1.29 is 14.3 Å². The van der Waals surface area contributed by atoms with Crippen LogP contribution >= 0.6 is 15.9 Å². The number of carbonyl (C=O) groups excluding carboxylic acids is 1. The van der Waals surface area contributed by atoms with Crippen LogP contribution in [0.2, 0.25) is 0 Å². The Kier molecular flexibility index (Phi) is 7.72. The molecule has 4 nitrogen and oxygen atoms in total. The highest BCUT2D eigenvalue weighted by molar-refractivity contribution is 9.10. The number of hydrogen-bond donors (Lipinski definition) is 1. The third-order valence-corrected chi connectivity index (χ3v) is 5.21. The van der Waals surface area contributed by atoms with Crippen molar-refractivity contribution in [3.63, 3.8) is 0 Å². The van der Waals surface area contributed by atoms with Gasteiger partial charge in [-0.25, -0.2) is 0 Å². The summed E-state index contributed by atoms with van der Waals surface area (Å²) in [4.78, 5) is 12.6. The van der Waals surface area contributed by atoms with E-state index in [0.29, 0.717) is 13.2 Å². The lowest BCUT2D eigenvalue weighted by molar-refractivity contribution is -0.135. The minimum absolute atomic E-state index is 0.0230. The standard InChI is InChI=1S/C19H28BrNO3/c1-15(24-13-12-23-2)18(22)21-19(10-4-3-5-11-19)14-16-6-8-17(20)9-7-16/h6-9,15H,3-5,10-14H2,1-2H3,(H,21,22). The van der Waals surface area contributed by atoms with Crippen LogP contribution in [0.1, 0.15) is 44.6 Å². The minimum Gasteiger partial charge on any atom is -0.382 e. The smallest absolute Gasteiger partial charge is 0.249 e. The van der Waals surface area contributed by atoms with E-state index in [1.54, 1.807) is 14.0 Å². The molecule has 0 heterocycles. The molecule has 1 aromatic rings. The summed E-state index contributed by atoms with van der Waals surface area (Å²) >= 11 is 3.48. The Balaban J connectivity index is 2.01. The first-order chi connectivity index (χ1) is 11.5. The van der Waals surface area contributed by atoms with Gasteiger partial charge in [0, 0.05) is 17.1 Å². The van der Waals surface area contributed by atoms with Crippen LogP contribution < -0.4 is 5.32 Å². The number of amides is 1. The summed E-state index contributed by atoms with van der Waals surface area (Å²) in [5.41, 5.74) is 1.11. The summed E-state index contributed by atoms with van der Waals surface area (Å²) in [5.74, 6) is -0.0230. The maximum atomic E-state index is 12.6. The molecule has 1 N–H and O–H groups in total. The maximum Gasteiger partial charge on any atom is 0.249 e. The molecule has 0 spiro atoms. The van der Waals surface area contributed by atoms with E-state index in [2.05, 4.69) is 45.5 Å². The molecule has 134 valence electrons. The minimum atomic E-state index is -0.455. The monoisotopic (exact) mass is 397 g/mol. The molecule has 0 aromatic heterocycles. The number of halogens is 1. The number of ether oxygens (including phenoxy) is 2. The van der Waals surface area contributed by atoms with E-state index in [-0.39, 0.29) is 11.4 Å². The molecular weight excluding hydrogens is 370 g/mol. The zero-order valence-corrected chi connectivity index (χ0v) is 16.2. The van der Waals surface area contributed by atoms with Gasteiger partial charge in [-0.15, -0.1) is 0 Å². The number of methoxy groups -OCH3 is 1. The normalized spacial score (nSPS) is 18.1. The van der Waals surface area contributed by atoms with E-state index in [1.165, 1.54) is 12.0 Å². The van der Waals surface area contributed by atoms with Gasteiger partial charge >= 0.3 is 0 Å². The molecule has 1 saturated carbocycles. The molecule has 0 saturated heterocycles. The van der Waals surface area contributed by atoms with Gasteiger partial charge in [-0.05, 0) is 43.9 Å². The molecule has 5 heteroatoms. The van der Waals surface area contributed by atoms with Gasteiger partial charge in [0.2, 0.25) is 5.91 Å². The van der Waals surface area contributed by atoms with E-state index in [9.17, 15) is 4.79 Å². The van der Waals surface area contributed by atoms with Crippen molar-refractivity contribution >= 4 is 21.8 Å². The highest BCUT2D eigenvalue weighted by Crippen LogP contribution is 2.32. The molecule has 1 aliphatic carbocycles. The van der Waals surface area contributed by atoms with Gasteiger partial charge < -0.3 is 14.8 Å². The fourth-order valence-electron chi connectivity index (χ4n) is 3.31. The molecule has 0 bridgehead atoms. The maximum absolute atomic E-state index is 12.6. The Bertz CT molecular complexity index is 512. The van der Waals surface area contributed by atoms with Crippen molar-refractivity contribution in [2.45, 2.75) is 57.1 Å². The van der Waals surface area contributed by atoms with E-state index < -0.39 is 6.10 Å². The van der Waals surface area contributed by atoms with Gasteiger partial charge in [-0.2, -0.15) is 0 Å². The first-order valence-corrected chi connectivity index (χ1v) is 9.51. The largest absolute Gasteiger partial charge is 0.382 e. The van der Waals surface area contributed by atoms with Gasteiger partial charge in [-0.1, -0.05) is 47.3 Å². The highest BCUT2D eigenvalue weighted by Gasteiger charge is 2.34. The summed E-state index contributed by atoms with van der Waals surface area (Å²) in [6.07, 6.45) is 6.04. The van der Waals surface area contributed by atoms with Crippen molar-refractivity contribution in [1.82, 2.24) is 5.32 Å². The second-order valence-electron chi connectivity index (χ2n) is 6.64. The highest BCUT2D eigenvalue weighted by atomic mass is 79.9. The lowest BCUT2D eigenvalue weighted by Crippen LogP contribution is -2.54. The third-order valence-electron chi connectivity index (χ3n) is 4.68. The molecule has 0 radical (unpaired) electrons. The van der Waals surface area contributed by atoms with E-state index in [1.807, 2.05) is 0 Å². The molecule has 1 fully saturated rings. The number of carbonyl (C=O) groups is 1. The van der Waals surface area contributed by atoms with E-state index in [0.717, 1.165) is 36.6 Å². The van der Waals surface area contributed by atoms with Crippen LogP contribution in [-0.4, -0.2) is 37.9 Å². The zero-order valence-electron chi connectivity index (χ0n) is 14.6. The molecule has 1 atom stereocenters. The summed E-state index contributed by atoms with van der Waals surface area (Å²) in [6.45, 7) is 2.74. The second kappa shape index (κ2) is 9.54. The van der Waals surface area contributed by atoms with Crippen molar-refractivity contribution in [1.29, 1.82) is 0 Å². The third kappa shape index (κ3) is 5.87. The van der Waals surface area contributed by atoms with Gasteiger partial charge in [0.15, 0.2) is 0 Å². The average Bonchev–Trinajstić information content (AvgIpc) is 2.58.